The van der Waals surface area contributed by atoms with Gasteiger partial charge in [-0.1, -0.05) is 0 Å². The summed E-state index contributed by atoms with van der Waals surface area (Å²) in [6.07, 6.45) is -3.94. The summed E-state index contributed by atoms with van der Waals surface area (Å²) in [5.74, 6) is -0.990. The molecule has 2 rings (SSSR count). The molecule has 1 fully saturated rings. The zero-order valence-electron chi connectivity index (χ0n) is 9.82. The molecule has 0 aromatic heterocycles. The van der Waals surface area contributed by atoms with Gasteiger partial charge in [-0.05, 0) is 42.5 Å². The normalized spacial score (nSPS) is 18.6. The van der Waals surface area contributed by atoms with Crippen LogP contribution < -0.4 is 5.73 Å². The zero-order chi connectivity index (χ0) is 13.5. The molecule has 108 valence electrons. The van der Waals surface area contributed by atoms with E-state index in [1.807, 2.05) is 0 Å². The van der Waals surface area contributed by atoms with E-state index in [9.17, 15) is 22.7 Å². The number of benzene rings is 1. The van der Waals surface area contributed by atoms with Gasteiger partial charge in [-0.15, -0.1) is 12.4 Å². The van der Waals surface area contributed by atoms with Crippen molar-refractivity contribution in [1.29, 1.82) is 0 Å². The van der Waals surface area contributed by atoms with E-state index in [1.165, 1.54) is 0 Å². The smallest absolute Gasteiger partial charge is 0.391 e. The Morgan fingerprint density at radius 1 is 1.21 bits per heavy atom. The molecule has 19 heavy (non-hydrogen) atoms. The Bertz CT molecular complexity index is 448. The summed E-state index contributed by atoms with van der Waals surface area (Å²) < 4.78 is 50.7. The lowest BCUT2D eigenvalue weighted by atomic mass is 9.97. The minimum atomic E-state index is -4.62. The van der Waals surface area contributed by atoms with Crippen LogP contribution in [0.2, 0.25) is 0 Å². The average Bonchev–Trinajstić information content (AvgIpc) is 3.08. The van der Waals surface area contributed by atoms with Crippen molar-refractivity contribution in [2.45, 2.75) is 31.2 Å². The number of halogens is 5. The van der Waals surface area contributed by atoms with Gasteiger partial charge < -0.3 is 10.8 Å². The highest BCUT2D eigenvalue weighted by molar-refractivity contribution is 5.85. The van der Waals surface area contributed by atoms with Gasteiger partial charge in [0, 0.05) is 0 Å². The zero-order valence-corrected chi connectivity index (χ0v) is 10.6. The molecule has 0 saturated heterocycles. The molecule has 2 nitrogen and oxygen atoms in total. The lowest BCUT2D eigenvalue weighted by Gasteiger charge is -2.20. The first-order valence-corrected chi connectivity index (χ1v) is 5.60. The van der Waals surface area contributed by atoms with Crippen molar-refractivity contribution < 1.29 is 22.7 Å². The number of hydrogen-bond donors (Lipinski definition) is 2. The summed E-state index contributed by atoms with van der Waals surface area (Å²) in [6, 6.07) is 1.15. The van der Waals surface area contributed by atoms with E-state index in [-0.39, 0.29) is 23.9 Å². The maximum atomic E-state index is 13.2. The molecule has 0 heterocycles. The Kier molecular flexibility index (Phi) is 4.81. The third-order valence-corrected chi connectivity index (χ3v) is 3.11. The van der Waals surface area contributed by atoms with Crippen LogP contribution in [0.5, 0.6) is 0 Å². The van der Waals surface area contributed by atoms with Crippen LogP contribution in [0.3, 0.4) is 0 Å². The van der Waals surface area contributed by atoms with Gasteiger partial charge in [0.2, 0.25) is 0 Å². The summed E-state index contributed by atoms with van der Waals surface area (Å²) >= 11 is 0. The van der Waals surface area contributed by atoms with E-state index in [4.69, 9.17) is 5.73 Å². The fourth-order valence-electron chi connectivity index (χ4n) is 1.90. The monoisotopic (exact) mass is 299 g/mol. The van der Waals surface area contributed by atoms with E-state index in [0.717, 1.165) is 25.0 Å². The Hall–Kier alpha value is -0.850. The molecule has 2 atom stereocenters. The fourth-order valence-corrected chi connectivity index (χ4v) is 1.90. The molecule has 1 aromatic carbocycles. The van der Waals surface area contributed by atoms with Crippen LogP contribution in [-0.4, -0.2) is 11.2 Å². The average molecular weight is 300 g/mol. The second kappa shape index (κ2) is 5.64. The topological polar surface area (TPSA) is 46.2 Å². The van der Waals surface area contributed by atoms with E-state index in [2.05, 4.69) is 0 Å². The van der Waals surface area contributed by atoms with Crippen molar-refractivity contribution >= 4 is 12.4 Å². The number of nitrogens with two attached hydrogens (primary N) is 1. The van der Waals surface area contributed by atoms with Gasteiger partial charge in [-0.3, -0.25) is 0 Å². The molecule has 0 bridgehead atoms. The van der Waals surface area contributed by atoms with Gasteiger partial charge >= 0.3 is 6.18 Å². The van der Waals surface area contributed by atoms with E-state index < -0.39 is 29.7 Å². The van der Waals surface area contributed by atoms with Gasteiger partial charge in [0.25, 0.3) is 0 Å². The minimum absolute atomic E-state index is 0. The van der Waals surface area contributed by atoms with E-state index in [0.29, 0.717) is 6.07 Å². The molecule has 1 aliphatic rings. The Labute approximate surface area is 114 Å². The molecule has 3 N–H and O–H groups in total. The lowest BCUT2D eigenvalue weighted by Crippen LogP contribution is -2.28. The molecule has 7 heteroatoms. The van der Waals surface area contributed by atoms with Crippen molar-refractivity contribution in [2.75, 3.05) is 0 Å². The molecule has 1 aliphatic carbocycles. The van der Waals surface area contributed by atoms with Crippen molar-refractivity contribution in [3.05, 3.63) is 35.1 Å². The second-order valence-electron chi connectivity index (χ2n) is 4.62. The predicted octanol–water partition coefficient (Wildman–Crippen LogP) is 3.04. The van der Waals surface area contributed by atoms with E-state index in [1.54, 1.807) is 0 Å². The highest BCUT2D eigenvalue weighted by Gasteiger charge is 2.36. The predicted molar refractivity (Wildman–Crippen MR) is 64.3 cm³/mol. The van der Waals surface area contributed by atoms with Crippen LogP contribution >= 0.6 is 12.4 Å². The largest absolute Gasteiger partial charge is 0.416 e. The Morgan fingerprint density at radius 2 is 1.79 bits per heavy atom. The van der Waals surface area contributed by atoms with Gasteiger partial charge in [0.1, 0.15) is 5.82 Å². The summed E-state index contributed by atoms with van der Waals surface area (Å²) in [4.78, 5) is 0. The second-order valence-corrected chi connectivity index (χ2v) is 4.62. The number of rotatable bonds is 3. The van der Waals surface area contributed by atoms with Crippen LogP contribution in [0.4, 0.5) is 17.6 Å². The maximum absolute atomic E-state index is 13.2. The first kappa shape index (κ1) is 16.2. The fraction of sp³-hybridized carbons (Fsp3) is 0.500. The summed E-state index contributed by atoms with van der Waals surface area (Å²) in [6.45, 7) is 0. The molecule has 0 aliphatic heterocycles. The number of alkyl halides is 3. The van der Waals surface area contributed by atoms with Crippen LogP contribution in [0.1, 0.15) is 30.0 Å². The lowest BCUT2D eigenvalue weighted by molar-refractivity contribution is -0.137. The summed E-state index contributed by atoms with van der Waals surface area (Å²) in [5, 5.41) is 9.77. The summed E-state index contributed by atoms with van der Waals surface area (Å²) in [7, 11) is 0. The van der Waals surface area contributed by atoms with Crippen LogP contribution in [0.25, 0.3) is 0 Å². The van der Waals surface area contributed by atoms with Gasteiger partial charge in [0.15, 0.2) is 0 Å². The molecule has 1 aromatic rings. The van der Waals surface area contributed by atoms with Crippen LogP contribution in [0, 0.1) is 11.7 Å². The Morgan fingerprint density at radius 3 is 2.26 bits per heavy atom. The summed E-state index contributed by atoms with van der Waals surface area (Å²) in [5.41, 5.74) is 4.56. The first-order valence-electron chi connectivity index (χ1n) is 5.60. The third-order valence-electron chi connectivity index (χ3n) is 3.11. The quantitative estimate of drug-likeness (QED) is 0.843. The molecule has 0 amide bonds. The standard InChI is InChI=1S/C12H13F4NO.ClH/c13-9-4-7(3-8(5-9)12(14,15)16)10(17)11(18)6-1-2-6;/h3-6,10-11,18H,1-2,17H2;1H/t10-,11+;/m1./s1. The highest BCUT2D eigenvalue weighted by atomic mass is 35.5. The van der Waals surface area contributed by atoms with E-state index >= 15 is 0 Å². The van der Waals surface area contributed by atoms with Crippen LogP contribution in [-0.2, 0) is 6.18 Å². The highest BCUT2D eigenvalue weighted by Crippen LogP contribution is 2.38. The third kappa shape index (κ3) is 3.81. The minimum Gasteiger partial charge on any atom is -0.391 e. The van der Waals surface area contributed by atoms with Crippen molar-refractivity contribution in [3.8, 4) is 0 Å². The van der Waals surface area contributed by atoms with Gasteiger partial charge in [-0.25, -0.2) is 4.39 Å². The molecular weight excluding hydrogens is 286 g/mol. The molecule has 0 unspecified atom stereocenters. The molecule has 0 radical (unpaired) electrons. The maximum Gasteiger partial charge on any atom is 0.416 e. The molecular formula is C12H14ClF4NO. The number of aliphatic hydroxyl groups excluding tert-OH is 1. The van der Waals surface area contributed by atoms with Crippen molar-refractivity contribution in [3.63, 3.8) is 0 Å². The first-order chi connectivity index (χ1) is 8.29. The number of hydrogen-bond acceptors (Lipinski definition) is 2. The van der Waals surface area contributed by atoms with Crippen molar-refractivity contribution in [2.24, 2.45) is 11.7 Å². The number of aliphatic hydroxyl groups is 1. The Balaban J connectivity index is 0.00000180. The molecule has 1 saturated carbocycles. The van der Waals surface area contributed by atoms with Gasteiger partial charge in [-0.2, -0.15) is 13.2 Å². The van der Waals surface area contributed by atoms with Crippen LogP contribution in [0.15, 0.2) is 18.2 Å². The van der Waals surface area contributed by atoms with Crippen molar-refractivity contribution in [1.82, 2.24) is 0 Å². The van der Waals surface area contributed by atoms with Gasteiger partial charge in [0.05, 0.1) is 17.7 Å². The molecule has 0 spiro atoms. The SMILES string of the molecule is Cl.N[C@H](c1cc(F)cc(C(F)(F)F)c1)[C@@H](O)C1CC1.